The second-order valence-corrected chi connectivity index (χ2v) is 4.60. The van der Waals surface area contributed by atoms with Crippen molar-refractivity contribution in [1.29, 1.82) is 0 Å². The molecule has 0 bridgehead atoms. The number of hydrogen-bond acceptors (Lipinski definition) is 4. The summed E-state index contributed by atoms with van der Waals surface area (Å²) in [6.07, 6.45) is 3.41. The van der Waals surface area contributed by atoms with Gasteiger partial charge in [-0.3, -0.25) is 0 Å². The Hall–Kier alpha value is -1.55. The lowest BCUT2D eigenvalue weighted by atomic mass is 10.00. The maximum absolute atomic E-state index is 5.62. The Morgan fingerprint density at radius 2 is 2.17 bits per heavy atom. The molecule has 1 heterocycles. The number of fused-ring (bicyclic) bond motifs is 1. The summed E-state index contributed by atoms with van der Waals surface area (Å²) in [6, 6.07) is 8.40. The van der Waals surface area contributed by atoms with Crippen LogP contribution >= 0.6 is 0 Å². The van der Waals surface area contributed by atoms with E-state index in [1.54, 1.807) is 0 Å². The van der Waals surface area contributed by atoms with Crippen LogP contribution < -0.4 is 11.1 Å². The normalized spacial score (nSPS) is 12.8. The zero-order chi connectivity index (χ0) is 12.8. The molecule has 0 amide bonds. The van der Waals surface area contributed by atoms with Crippen molar-refractivity contribution in [3.63, 3.8) is 0 Å². The molecule has 1 atom stereocenters. The molecule has 1 aromatic carbocycles. The first-order valence-corrected chi connectivity index (χ1v) is 6.63. The van der Waals surface area contributed by atoms with Gasteiger partial charge in [-0.1, -0.05) is 25.5 Å². The summed E-state index contributed by atoms with van der Waals surface area (Å²) in [4.78, 5) is 4.40. The van der Waals surface area contributed by atoms with Crippen LogP contribution in [0.1, 0.15) is 26.2 Å². The van der Waals surface area contributed by atoms with E-state index in [0.29, 0.717) is 11.9 Å². The highest BCUT2D eigenvalue weighted by atomic mass is 16.4. The topological polar surface area (TPSA) is 64.1 Å². The van der Waals surface area contributed by atoms with Crippen molar-refractivity contribution in [2.24, 2.45) is 11.7 Å². The molecule has 0 saturated heterocycles. The van der Waals surface area contributed by atoms with E-state index < -0.39 is 0 Å². The van der Waals surface area contributed by atoms with E-state index in [-0.39, 0.29) is 0 Å². The third kappa shape index (κ3) is 3.23. The minimum atomic E-state index is 0.593. The molecule has 0 aliphatic heterocycles. The average Bonchev–Trinajstić information content (AvgIpc) is 2.79. The van der Waals surface area contributed by atoms with Crippen LogP contribution in [0.2, 0.25) is 0 Å². The first kappa shape index (κ1) is 12.9. The Balaban J connectivity index is 1.95. The van der Waals surface area contributed by atoms with Crippen molar-refractivity contribution in [3.05, 3.63) is 24.3 Å². The van der Waals surface area contributed by atoms with Crippen LogP contribution in [0, 0.1) is 5.92 Å². The van der Waals surface area contributed by atoms with Gasteiger partial charge >= 0.3 is 0 Å². The van der Waals surface area contributed by atoms with Gasteiger partial charge in [-0.15, -0.1) is 0 Å². The zero-order valence-electron chi connectivity index (χ0n) is 10.9. The largest absolute Gasteiger partial charge is 0.424 e. The van der Waals surface area contributed by atoms with E-state index in [0.717, 1.165) is 30.6 Å². The van der Waals surface area contributed by atoms with Gasteiger partial charge in [-0.05, 0) is 37.4 Å². The van der Waals surface area contributed by atoms with Crippen LogP contribution in [0.5, 0.6) is 0 Å². The Kier molecular flexibility index (Phi) is 4.59. The Morgan fingerprint density at radius 3 is 2.89 bits per heavy atom. The molecule has 3 N–H and O–H groups in total. The number of aromatic nitrogens is 1. The molecule has 2 rings (SSSR count). The summed E-state index contributed by atoms with van der Waals surface area (Å²) in [5.41, 5.74) is 7.34. The van der Waals surface area contributed by atoms with Crippen LogP contribution in [0.15, 0.2) is 28.7 Å². The highest BCUT2D eigenvalue weighted by Crippen LogP contribution is 2.19. The molecule has 0 aliphatic rings. The molecule has 0 radical (unpaired) electrons. The van der Waals surface area contributed by atoms with Crippen molar-refractivity contribution < 1.29 is 4.42 Å². The first-order valence-electron chi connectivity index (χ1n) is 6.63. The minimum Gasteiger partial charge on any atom is -0.424 e. The molecule has 1 unspecified atom stereocenters. The third-order valence-corrected chi connectivity index (χ3v) is 3.11. The number of oxazole rings is 1. The van der Waals surface area contributed by atoms with Crippen LogP contribution in [-0.4, -0.2) is 18.1 Å². The van der Waals surface area contributed by atoms with Crippen molar-refractivity contribution in [2.75, 3.05) is 18.4 Å². The molecule has 1 aromatic heterocycles. The molecule has 4 heteroatoms. The smallest absolute Gasteiger partial charge is 0.295 e. The molecular formula is C14H21N3O. The molecule has 0 aliphatic carbocycles. The second-order valence-electron chi connectivity index (χ2n) is 4.60. The van der Waals surface area contributed by atoms with Crippen LogP contribution in [0.25, 0.3) is 11.1 Å². The predicted molar refractivity (Wildman–Crippen MR) is 74.6 cm³/mol. The number of nitrogens with one attached hydrogen (secondary N) is 1. The molecule has 0 fully saturated rings. The summed E-state index contributed by atoms with van der Waals surface area (Å²) < 4.78 is 5.62. The van der Waals surface area contributed by atoms with Gasteiger partial charge in [0.05, 0.1) is 0 Å². The van der Waals surface area contributed by atoms with E-state index in [1.807, 2.05) is 24.3 Å². The number of nitrogens with two attached hydrogens (primary N) is 1. The SMILES string of the molecule is CCCC(CCN)CNc1nc2ccccc2o1. The van der Waals surface area contributed by atoms with Crippen LogP contribution in [-0.2, 0) is 0 Å². The zero-order valence-corrected chi connectivity index (χ0v) is 10.9. The van der Waals surface area contributed by atoms with Gasteiger partial charge < -0.3 is 15.5 Å². The van der Waals surface area contributed by atoms with E-state index in [2.05, 4.69) is 17.2 Å². The van der Waals surface area contributed by atoms with Gasteiger partial charge in [0.2, 0.25) is 0 Å². The monoisotopic (exact) mass is 247 g/mol. The van der Waals surface area contributed by atoms with Crippen LogP contribution in [0.3, 0.4) is 0 Å². The number of hydrogen-bond donors (Lipinski definition) is 2. The molecule has 98 valence electrons. The number of rotatable bonds is 7. The highest BCUT2D eigenvalue weighted by molar-refractivity contribution is 5.74. The Labute approximate surface area is 108 Å². The summed E-state index contributed by atoms with van der Waals surface area (Å²) in [5, 5.41) is 3.27. The van der Waals surface area contributed by atoms with E-state index in [1.165, 1.54) is 12.8 Å². The predicted octanol–water partition coefficient (Wildman–Crippen LogP) is 3.00. The van der Waals surface area contributed by atoms with Gasteiger partial charge in [-0.25, -0.2) is 0 Å². The lowest BCUT2D eigenvalue weighted by Gasteiger charge is -2.14. The lowest BCUT2D eigenvalue weighted by molar-refractivity contribution is 0.466. The molecule has 18 heavy (non-hydrogen) atoms. The first-order chi connectivity index (χ1) is 8.83. The lowest BCUT2D eigenvalue weighted by Crippen LogP contribution is -2.18. The minimum absolute atomic E-state index is 0.593. The third-order valence-electron chi connectivity index (χ3n) is 3.11. The van der Waals surface area contributed by atoms with Gasteiger partial charge in [-0.2, -0.15) is 4.98 Å². The van der Waals surface area contributed by atoms with Crippen molar-refractivity contribution >= 4 is 17.1 Å². The summed E-state index contributed by atoms with van der Waals surface area (Å²) >= 11 is 0. The Bertz CT molecular complexity index is 442. The number of benzene rings is 1. The number of anilines is 1. The second kappa shape index (κ2) is 6.40. The molecule has 0 spiro atoms. The molecule has 0 saturated carbocycles. The highest BCUT2D eigenvalue weighted by Gasteiger charge is 2.09. The maximum atomic E-state index is 5.62. The molecule has 2 aromatic rings. The van der Waals surface area contributed by atoms with E-state index in [9.17, 15) is 0 Å². The van der Waals surface area contributed by atoms with Gasteiger partial charge in [0.25, 0.3) is 6.01 Å². The Morgan fingerprint density at radius 1 is 1.33 bits per heavy atom. The summed E-state index contributed by atoms with van der Waals surface area (Å²) in [7, 11) is 0. The van der Waals surface area contributed by atoms with Crippen molar-refractivity contribution in [2.45, 2.75) is 26.2 Å². The maximum Gasteiger partial charge on any atom is 0.295 e. The van der Waals surface area contributed by atoms with E-state index >= 15 is 0 Å². The fourth-order valence-corrected chi connectivity index (χ4v) is 2.17. The van der Waals surface area contributed by atoms with Crippen molar-refractivity contribution in [1.82, 2.24) is 4.98 Å². The fourth-order valence-electron chi connectivity index (χ4n) is 2.17. The van der Waals surface area contributed by atoms with Gasteiger partial charge in [0.15, 0.2) is 5.58 Å². The van der Waals surface area contributed by atoms with Gasteiger partial charge in [0.1, 0.15) is 5.52 Å². The number of para-hydroxylation sites is 2. The van der Waals surface area contributed by atoms with E-state index in [4.69, 9.17) is 10.2 Å². The molecular weight excluding hydrogens is 226 g/mol. The fraction of sp³-hybridized carbons (Fsp3) is 0.500. The summed E-state index contributed by atoms with van der Waals surface area (Å²) in [6.45, 7) is 3.81. The van der Waals surface area contributed by atoms with Crippen LogP contribution in [0.4, 0.5) is 6.01 Å². The number of nitrogens with zero attached hydrogens (tertiary/aromatic N) is 1. The van der Waals surface area contributed by atoms with Gasteiger partial charge in [0, 0.05) is 6.54 Å². The molecule has 4 nitrogen and oxygen atoms in total. The average molecular weight is 247 g/mol. The quantitative estimate of drug-likeness (QED) is 0.789. The standard InChI is InChI=1S/C14H21N3O/c1-2-5-11(8-9-15)10-16-14-17-12-6-3-4-7-13(12)18-14/h3-4,6-7,11H,2,5,8-10,15H2,1H3,(H,16,17). The van der Waals surface area contributed by atoms with Crippen molar-refractivity contribution in [3.8, 4) is 0 Å². The summed E-state index contributed by atoms with van der Waals surface area (Å²) in [5.74, 6) is 0.593.